The molecule has 0 radical (unpaired) electrons. The second-order valence-electron chi connectivity index (χ2n) is 5.60. The third kappa shape index (κ3) is 2.78. The smallest absolute Gasteiger partial charge is 0.222 e. The first-order chi connectivity index (χ1) is 10.9. The van der Waals surface area contributed by atoms with Crippen molar-refractivity contribution >= 4 is 16.9 Å². The maximum absolute atomic E-state index is 5.30. The second-order valence-corrected chi connectivity index (χ2v) is 5.60. The molecular formula is C16H17N5O. The van der Waals surface area contributed by atoms with Gasteiger partial charge in [-0.15, -0.1) is 0 Å². The van der Waals surface area contributed by atoms with Gasteiger partial charge in [0.1, 0.15) is 0 Å². The molecule has 0 amide bonds. The molecule has 3 aromatic heterocycles. The van der Waals surface area contributed by atoms with Gasteiger partial charge >= 0.3 is 0 Å². The van der Waals surface area contributed by atoms with Crippen LogP contribution in [0.2, 0.25) is 0 Å². The summed E-state index contributed by atoms with van der Waals surface area (Å²) in [5, 5.41) is 7.97. The fourth-order valence-electron chi connectivity index (χ4n) is 2.72. The van der Waals surface area contributed by atoms with Crippen LogP contribution in [0, 0.1) is 0 Å². The zero-order chi connectivity index (χ0) is 14.8. The van der Waals surface area contributed by atoms with E-state index in [-0.39, 0.29) is 0 Å². The van der Waals surface area contributed by atoms with Crippen molar-refractivity contribution in [3.8, 4) is 0 Å². The lowest BCUT2D eigenvalue weighted by Crippen LogP contribution is -2.47. The summed E-state index contributed by atoms with van der Waals surface area (Å²) in [6.45, 7) is 0.778. The summed E-state index contributed by atoms with van der Waals surface area (Å²) in [6, 6.07) is 6.81. The van der Waals surface area contributed by atoms with Crippen LogP contribution in [-0.2, 0) is 6.54 Å². The van der Waals surface area contributed by atoms with E-state index in [2.05, 4.69) is 31.7 Å². The Hall–Kier alpha value is -2.47. The molecule has 0 unspecified atom stereocenters. The average Bonchev–Trinajstić information content (AvgIpc) is 2.98. The van der Waals surface area contributed by atoms with Crippen LogP contribution < -0.4 is 10.6 Å². The van der Waals surface area contributed by atoms with E-state index < -0.39 is 0 Å². The molecule has 0 spiro atoms. The van der Waals surface area contributed by atoms with Crippen molar-refractivity contribution in [1.29, 1.82) is 0 Å². The molecule has 0 aromatic carbocycles. The second kappa shape index (κ2) is 5.73. The van der Waals surface area contributed by atoms with Crippen molar-refractivity contribution in [2.24, 2.45) is 0 Å². The van der Waals surface area contributed by atoms with Crippen LogP contribution in [-0.4, -0.2) is 27.0 Å². The Labute approximate surface area is 128 Å². The number of nitrogens with one attached hydrogen (secondary N) is 2. The van der Waals surface area contributed by atoms with Crippen LogP contribution in [0.1, 0.15) is 18.5 Å². The van der Waals surface area contributed by atoms with E-state index in [1.165, 1.54) is 0 Å². The number of rotatable bonds is 5. The Kier molecular flexibility index (Phi) is 3.44. The van der Waals surface area contributed by atoms with Crippen LogP contribution in [0.4, 0.5) is 5.95 Å². The SMILES string of the molecule is c1cnc(NC2CC(NCc3cc4ccoc4cn3)C2)nc1. The number of aromatic nitrogens is 3. The monoisotopic (exact) mass is 295 g/mol. The summed E-state index contributed by atoms with van der Waals surface area (Å²) in [5.41, 5.74) is 1.87. The third-order valence-electron chi connectivity index (χ3n) is 4.01. The lowest BCUT2D eigenvalue weighted by molar-refractivity contribution is 0.305. The first-order valence-electron chi connectivity index (χ1n) is 7.46. The van der Waals surface area contributed by atoms with Crippen molar-refractivity contribution in [2.45, 2.75) is 31.5 Å². The van der Waals surface area contributed by atoms with Gasteiger partial charge in [-0.1, -0.05) is 0 Å². The maximum atomic E-state index is 5.30. The highest BCUT2D eigenvalue weighted by atomic mass is 16.3. The molecule has 0 aliphatic heterocycles. The molecule has 22 heavy (non-hydrogen) atoms. The minimum Gasteiger partial charge on any atom is -0.463 e. The molecule has 1 aliphatic rings. The fourth-order valence-corrected chi connectivity index (χ4v) is 2.72. The normalized spacial score (nSPS) is 20.7. The highest BCUT2D eigenvalue weighted by Crippen LogP contribution is 2.23. The Balaban J connectivity index is 1.26. The van der Waals surface area contributed by atoms with Gasteiger partial charge < -0.3 is 15.1 Å². The average molecular weight is 295 g/mol. The highest BCUT2D eigenvalue weighted by molar-refractivity contribution is 5.76. The number of furan rings is 1. The van der Waals surface area contributed by atoms with Crippen LogP contribution in [0.3, 0.4) is 0 Å². The van der Waals surface area contributed by atoms with Crippen molar-refractivity contribution in [3.05, 3.63) is 48.7 Å². The number of fused-ring (bicyclic) bond motifs is 1. The zero-order valence-corrected chi connectivity index (χ0v) is 12.1. The van der Waals surface area contributed by atoms with Crippen molar-refractivity contribution in [1.82, 2.24) is 20.3 Å². The summed E-state index contributed by atoms with van der Waals surface area (Å²) >= 11 is 0. The molecule has 6 nitrogen and oxygen atoms in total. The quantitative estimate of drug-likeness (QED) is 0.752. The van der Waals surface area contributed by atoms with E-state index >= 15 is 0 Å². The molecule has 6 heteroatoms. The number of pyridine rings is 1. The number of hydrogen-bond donors (Lipinski definition) is 2. The highest BCUT2D eigenvalue weighted by Gasteiger charge is 2.29. The summed E-state index contributed by atoms with van der Waals surface area (Å²) in [7, 11) is 0. The standard InChI is InChI=1S/C16H17N5O/c1-3-17-16(18-4-1)21-13-7-12(8-13)19-9-14-6-11-2-5-22-15(11)10-20-14/h1-6,10,12-13,19H,7-9H2,(H,17,18,21). The molecule has 0 saturated heterocycles. The molecular weight excluding hydrogens is 278 g/mol. The molecule has 1 saturated carbocycles. The summed E-state index contributed by atoms with van der Waals surface area (Å²) in [5.74, 6) is 0.707. The van der Waals surface area contributed by atoms with E-state index in [9.17, 15) is 0 Å². The van der Waals surface area contributed by atoms with E-state index in [4.69, 9.17) is 4.42 Å². The van der Waals surface area contributed by atoms with Gasteiger partial charge in [0.25, 0.3) is 0 Å². The first kappa shape index (κ1) is 13.2. The third-order valence-corrected chi connectivity index (χ3v) is 4.01. The van der Waals surface area contributed by atoms with Crippen LogP contribution in [0.15, 0.2) is 47.5 Å². The van der Waals surface area contributed by atoms with Crippen molar-refractivity contribution in [3.63, 3.8) is 0 Å². The van der Waals surface area contributed by atoms with Gasteiger partial charge in [0.15, 0.2) is 5.58 Å². The molecule has 1 aliphatic carbocycles. The summed E-state index contributed by atoms with van der Waals surface area (Å²) < 4.78 is 5.30. The van der Waals surface area contributed by atoms with Gasteiger partial charge in [0.2, 0.25) is 5.95 Å². The molecule has 0 atom stereocenters. The van der Waals surface area contributed by atoms with Gasteiger partial charge in [-0.25, -0.2) is 9.97 Å². The Morgan fingerprint density at radius 1 is 1.14 bits per heavy atom. The van der Waals surface area contributed by atoms with E-state index in [0.717, 1.165) is 36.0 Å². The predicted molar refractivity (Wildman–Crippen MR) is 83.3 cm³/mol. The first-order valence-corrected chi connectivity index (χ1v) is 7.46. The topological polar surface area (TPSA) is 75.9 Å². The summed E-state index contributed by atoms with van der Waals surface area (Å²) in [4.78, 5) is 12.8. The predicted octanol–water partition coefficient (Wildman–Crippen LogP) is 2.35. The number of hydrogen-bond acceptors (Lipinski definition) is 6. The van der Waals surface area contributed by atoms with Gasteiger partial charge in [0, 0.05) is 36.4 Å². The van der Waals surface area contributed by atoms with Crippen LogP contribution in [0.25, 0.3) is 11.0 Å². The molecule has 112 valence electrons. The van der Waals surface area contributed by atoms with Gasteiger partial charge in [-0.2, -0.15) is 0 Å². The Morgan fingerprint density at radius 2 is 2.00 bits per heavy atom. The minimum absolute atomic E-state index is 0.448. The van der Waals surface area contributed by atoms with Crippen LogP contribution >= 0.6 is 0 Å². The Bertz CT molecular complexity index is 751. The van der Waals surface area contributed by atoms with Crippen molar-refractivity contribution in [2.75, 3.05) is 5.32 Å². The maximum Gasteiger partial charge on any atom is 0.222 e. The molecule has 1 fully saturated rings. The molecule has 3 heterocycles. The fraction of sp³-hybridized carbons (Fsp3) is 0.312. The van der Waals surface area contributed by atoms with Crippen LogP contribution in [0.5, 0.6) is 0 Å². The lowest BCUT2D eigenvalue weighted by Gasteiger charge is -2.36. The van der Waals surface area contributed by atoms with Gasteiger partial charge in [-0.3, -0.25) is 4.98 Å². The largest absolute Gasteiger partial charge is 0.463 e. The van der Waals surface area contributed by atoms with E-state index in [1.807, 2.05) is 12.1 Å². The number of anilines is 1. The molecule has 4 rings (SSSR count). The van der Waals surface area contributed by atoms with Gasteiger partial charge in [-0.05, 0) is 31.0 Å². The number of nitrogens with zero attached hydrogens (tertiary/aromatic N) is 3. The van der Waals surface area contributed by atoms with Crippen molar-refractivity contribution < 1.29 is 4.42 Å². The lowest BCUT2D eigenvalue weighted by atomic mass is 9.87. The van der Waals surface area contributed by atoms with E-state index in [0.29, 0.717) is 18.0 Å². The Morgan fingerprint density at radius 3 is 2.86 bits per heavy atom. The molecule has 3 aromatic rings. The molecule has 0 bridgehead atoms. The molecule has 2 N–H and O–H groups in total. The summed E-state index contributed by atoms with van der Waals surface area (Å²) in [6.07, 6.45) is 9.13. The minimum atomic E-state index is 0.448. The zero-order valence-electron chi connectivity index (χ0n) is 12.1. The van der Waals surface area contributed by atoms with E-state index in [1.54, 1.807) is 24.9 Å². The van der Waals surface area contributed by atoms with Gasteiger partial charge in [0.05, 0.1) is 18.2 Å².